The molecule has 0 spiro atoms. The Balaban J connectivity index is 1.72. The Hall–Kier alpha value is -0.870. The van der Waals surface area contributed by atoms with Crippen molar-refractivity contribution in [1.82, 2.24) is 10.2 Å². The molecule has 1 aromatic heterocycles. The van der Waals surface area contributed by atoms with Crippen molar-refractivity contribution in [3.8, 4) is 0 Å². The van der Waals surface area contributed by atoms with Gasteiger partial charge in [0.25, 0.3) is 0 Å². The van der Waals surface area contributed by atoms with Crippen molar-refractivity contribution in [2.75, 3.05) is 13.1 Å². The molecule has 3 heterocycles. The van der Waals surface area contributed by atoms with Gasteiger partial charge in [0, 0.05) is 6.54 Å². The SMILES string of the molecule is O=C([C@H]1CCCCN1)N1CCCC1c1ccsc1. The molecule has 1 aromatic rings. The number of nitrogens with one attached hydrogen (secondary N) is 1. The summed E-state index contributed by atoms with van der Waals surface area (Å²) < 4.78 is 0. The molecule has 1 N–H and O–H groups in total. The van der Waals surface area contributed by atoms with Gasteiger partial charge in [0.15, 0.2) is 0 Å². The molecule has 4 heteroatoms. The van der Waals surface area contributed by atoms with E-state index in [-0.39, 0.29) is 6.04 Å². The molecule has 98 valence electrons. The van der Waals surface area contributed by atoms with Crippen molar-refractivity contribution in [3.63, 3.8) is 0 Å². The van der Waals surface area contributed by atoms with Gasteiger partial charge in [0.2, 0.25) is 5.91 Å². The zero-order chi connectivity index (χ0) is 12.4. The first-order chi connectivity index (χ1) is 8.86. The number of rotatable bonds is 2. The van der Waals surface area contributed by atoms with E-state index < -0.39 is 0 Å². The van der Waals surface area contributed by atoms with E-state index in [1.165, 1.54) is 18.4 Å². The van der Waals surface area contributed by atoms with Crippen LogP contribution in [0.3, 0.4) is 0 Å². The highest BCUT2D eigenvalue weighted by Crippen LogP contribution is 2.33. The van der Waals surface area contributed by atoms with Crippen molar-refractivity contribution in [3.05, 3.63) is 22.4 Å². The van der Waals surface area contributed by atoms with Gasteiger partial charge in [-0.15, -0.1) is 0 Å². The average molecular weight is 264 g/mol. The molecule has 2 atom stereocenters. The number of piperidine rings is 1. The third-order valence-corrected chi connectivity index (χ3v) is 4.77. The summed E-state index contributed by atoms with van der Waals surface area (Å²) in [5.74, 6) is 0.323. The molecule has 3 rings (SSSR count). The van der Waals surface area contributed by atoms with Gasteiger partial charge in [-0.3, -0.25) is 4.79 Å². The van der Waals surface area contributed by atoms with Crippen molar-refractivity contribution in [1.29, 1.82) is 0 Å². The third kappa shape index (κ3) is 2.31. The molecule has 2 fully saturated rings. The second-order valence-electron chi connectivity index (χ2n) is 5.25. The largest absolute Gasteiger partial charge is 0.334 e. The maximum atomic E-state index is 12.6. The Morgan fingerprint density at radius 1 is 1.33 bits per heavy atom. The number of likely N-dealkylation sites (tertiary alicyclic amines) is 1. The van der Waals surface area contributed by atoms with Crippen LogP contribution >= 0.6 is 11.3 Å². The summed E-state index contributed by atoms with van der Waals surface area (Å²) in [7, 11) is 0. The maximum absolute atomic E-state index is 12.6. The minimum Gasteiger partial charge on any atom is -0.334 e. The summed E-state index contributed by atoms with van der Waals surface area (Å²) in [5.41, 5.74) is 1.32. The van der Waals surface area contributed by atoms with E-state index in [4.69, 9.17) is 0 Å². The second kappa shape index (κ2) is 5.41. The zero-order valence-corrected chi connectivity index (χ0v) is 11.4. The van der Waals surface area contributed by atoms with Crippen molar-refractivity contribution < 1.29 is 4.79 Å². The molecule has 0 radical (unpaired) electrons. The van der Waals surface area contributed by atoms with Crippen molar-refractivity contribution in [2.24, 2.45) is 0 Å². The first-order valence-electron chi connectivity index (χ1n) is 6.92. The summed E-state index contributed by atoms with van der Waals surface area (Å²) >= 11 is 1.72. The standard InChI is InChI=1S/C14H20N2OS/c17-14(12-4-1-2-7-15-12)16-8-3-5-13(16)11-6-9-18-10-11/h6,9-10,12-13,15H,1-5,7-8H2/t12-,13?/m1/s1. The number of carbonyl (C=O) groups excluding carboxylic acids is 1. The van der Waals surface area contributed by atoms with Gasteiger partial charge < -0.3 is 10.2 Å². The van der Waals surface area contributed by atoms with E-state index in [1.54, 1.807) is 11.3 Å². The normalized spacial score (nSPS) is 28.6. The second-order valence-corrected chi connectivity index (χ2v) is 6.03. The van der Waals surface area contributed by atoms with Crippen LogP contribution < -0.4 is 5.32 Å². The van der Waals surface area contributed by atoms with Crippen LogP contribution in [0.1, 0.15) is 43.7 Å². The fraction of sp³-hybridized carbons (Fsp3) is 0.643. The first-order valence-corrected chi connectivity index (χ1v) is 7.86. The fourth-order valence-electron chi connectivity index (χ4n) is 3.10. The van der Waals surface area contributed by atoms with E-state index in [0.29, 0.717) is 11.9 Å². The van der Waals surface area contributed by atoms with E-state index in [1.807, 2.05) is 0 Å². The molecule has 1 unspecified atom stereocenters. The monoisotopic (exact) mass is 264 g/mol. The minimum absolute atomic E-state index is 0.0676. The molecule has 2 aliphatic rings. The van der Waals surface area contributed by atoms with E-state index in [0.717, 1.165) is 32.4 Å². The highest BCUT2D eigenvalue weighted by Gasteiger charge is 2.34. The molecule has 2 saturated heterocycles. The van der Waals surface area contributed by atoms with Gasteiger partial charge in [-0.05, 0) is 54.6 Å². The molecule has 18 heavy (non-hydrogen) atoms. The molecule has 0 aromatic carbocycles. The number of hydrogen-bond donors (Lipinski definition) is 1. The first kappa shape index (κ1) is 12.2. The topological polar surface area (TPSA) is 32.3 Å². The summed E-state index contributed by atoms with van der Waals surface area (Å²) in [6.45, 7) is 1.92. The minimum atomic E-state index is 0.0676. The van der Waals surface area contributed by atoms with Crippen LogP contribution in [0.2, 0.25) is 0 Å². The zero-order valence-electron chi connectivity index (χ0n) is 10.6. The summed E-state index contributed by atoms with van der Waals surface area (Å²) in [5, 5.41) is 7.66. The van der Waals surface area contributed by atoms with Gasteiger partial charge in [-0.2, -0.15) is 11.3 Å². The predicted molar refractivity (Wildman–Crippen MR) is 73.6 cm³/mol. The Morgan fingerprint density at radius 2 is 2.28 bits per heavy atom. The average Bonchev–Trinajstić information content (AvgIpc) is 3.09. The molecule has 2 aliphatic heterocycles. The Labute approximate surface area is 112 Å². The van der Waals surface area contributed by atoms with Crippen LogP contribution in [-0.2, 0) is 4.79 Å². The summed E-state index contributed by atoms with van der Waals surface area (Å²) in [6, 6.07) is 2.56. The molecule has 1 amide bonds. The predicted octanol–water partition coefficient (Wildman–Crippen LogP) is 2.55. The smallest absolute Gasteiger partial charge is 0.240 e. The van der Waals surface area contributed by atoms with E-state index in [9.17, 15) is 4.79 Å². The van der Waals surface area contributed by atoms with Crippen molar-refractivity contribution in [2.45, 2.75) is 44.2 Å². The highest BCUT2D eigenvalue weighted by molar-refractivity contribution is 7.07. The lowest BCUT2D eigenvalue weighted by Crippen LogP contribution is -2.48. The van der Waals surface area contributed by atoms with Crippen LogP contribution in [0.5, 0.6) is 0 Å². The fourth-order valence-corrected chi connectivity index (χ4v) is 3.81. The molecular formula is C14H20N2OS. The summed E-state index contributed by atoms with van der Waals surface area (Å²) in [4.78, 5) is 14.7. The van der Waals surface area contributed by atoms with Crippen LogP contribution in [-0.4, -0.2) is 29.9 Å². The highest BCUT2D eigenvalue weighted by atomic mass is 32.1. The molecule has 0 aliphatic carbocycles. The van der Waals surface area contributed by atoms with E-state index in [2.05, 4.69) is 27.0 Å². The quantitative estimate of drug-likeness (QED) is 0.890. The van der Waals surface area contributed by atoms with Gasteiger partial charge in [-0.25, -0.2) is 0 Å². The van der Waals surface area contributed by atoms with Crippen LogP contribution in [0, 0.1) is 0 Å². The van der Waals surface area contributed by atoms with Gasteiger partial charge in [0.05, 0.1) is 12.1 Å². The van der Waals surface area contributed by atoms with Crippen molar-refractivity contribution >= 4 is 17.2 Å². The van der Waals surface area contributed by atoms with Crippen LogP contribution in [0.15, 0.2) is 16.8 Å². The number of thiophene rings is 1. The maximum Gasteiger partial charge on any atom is 0.240 e. The summed E-state index contributed by atoms with van der Waals surface area (Å²) in [6.07, 6.45) is 5.65. The molecular weight excluding hydrogens is 244 g/mol. The molecule has 0 saturated carbocycles. The van der Waals surface area contributed by atoms with Crippen LogP contribution in [0.4, 0.5) is 0 Å². The Morgan fingerprint density at radius 3 is 3.00 bits per heavy atom. The lowest BCUT2D eigenvalue weighted by atomic mass is 10.0. The van der Waals surface area contributed by atoms with Gasteiger partial charge in [-0.1, -0.05) is 6.42 Å². The van der Waals surface area contributed by atoms with E-state index >= 15 is 0 Å². The Bertz CT molecular complexity index is 398. The van der Waals surface area contributed by atoms with Crippen LogP contribution in [0.25, 0.3) is 0 Å². The third-order valence-electron chi connectivity index (χ3n) is 4.07. The van der Waals surface area contributed by atoms with Gasteiger partial charge in [0.1, 0.15) is 0 Å². The lowest BCUT2D eigenvalue weighted by Gasteiger charge is -2.31. The Kier molecular flexibility index (Phi) is 3.66. The number of amides is 1. The van der Waals surface area contributed by atoms with Gasteiger partial charge >= 0.3 is 0 Å². The number of nitrogens with zero attached hydrogens (tertiary/aromatic N) is 1. The number of carbonyl (C=O) groups is 1. The molecule has 3 nitrogen and oxygen atoms in total. The number of hydrogen-bond acceptors (Lipinski definition) is 3. The lowest BCUT2D eigenvalue weighted by molar-refractivity contribution is -0.135. The molecule has 0 bridgehead atoms.